The van der Waals surface area contributed by atoms with Gasteiger partial charge in [-0.25, -0.2) is 4.79 Å². The number of fused-ring (bicyclic) bond motifs is 1. The molecule has 0 saturated heterocycles. The van der Waals surface area contributed by atoms with Crippen LogP contribution >= 0.6 is 11.8 Å². The molecule has 2 rings (SSSR count). The third-order valence-corrected chi connectivity index (χ3v) is 4.21. The van der Waals surface area contributed by atoms with E-state index in [9.17, 15) is 4.79 Å². The molecule has 1 aromatic carbocycles. The Labute approximate surface area is 100 Å². The number of rotatable bonds is 1. The number of hydrogen-bond donors (Lipinski definition) is 0. The van der Waals surface area contributed by atoms with Crippen LogP contribution in [0, 0.1) is 6.92 Å². The monoisotopic (exact) mass is 236 g/mol. The first-order valence-electron chi connectivity index (χ1n) is 5.49. The van der Waals surface area contributed by atoms with Gasteiger partial charge in [0.15, 0.2) is 0 Å². The predicted octanol–water partition coefficient (Wildman–Crippen LogP) is 3.38. The molecule has 0 radical (unpaired) electrons. The Morgan fingerprint density at radius 3 is 2.94 bits per heavy atom. The number of methoxy groups -OCH3 is 1. The van der Waals surface area contributed by atoms with Crippen molar-refractivity contribution < 1.29 is 9.53 Å². The fourth-order valence-electron chi connectivity index (χ4n) is 2.05. The molecule has 1 heterocycles. The summed E-state index contributed by atoms with van der Waals surface area (Å²) in [5.74, 6) is 1.50. The Morgan fingerprint density at radius 2 is 2.25 bits per heavy atom. The predicted molar refractivity (Wildman–Crippen MR) is 66.3 cm³/mol. The summed E-state index contributed by atoms with van der Waals surface area (Å²) in [5, 5.41) is 0. The van der Waals surface area contributed by atoms with Gasteiger partial charge in [-0.1, -0.05) is 13.0 Å². The molecule has 0 spiro atoms. The molecule has 1 atom stereocenters. The summed E-state index contributed by atoms with van der Waals surface area (Å²) in [5.41, 5.74) is 3.09. The summed E-state index contributed by atoms with van der Waals surface area (Å²) >= 11 is 1.84. The zero-order valence-electron chi connectivity index (χ0n) is 9.87. The van der Waals surface area contributed by atoms with Crippen molar-refractivity contribution in [2.24, 2.45) is 0 Å². The van der Waals surface area contributed by atoms with Crippen LogP contribution < -0.4 is 0 Å². The molecule has 0 unspecified atom stereocenters. The van der Waals surface area contributed by atoms with Crippen molar-refractivity contribution in [1.29, 1.82) is 0 Å². The van der Waals surface area contributed by atoms with E-state index < -0.39 is 0 Å². The molecule has 0 aliphatic carbocycles. The molecule has 3 heteroatoms. The van der Waals surface area contributed by atoms with Crippen LogP contribution in [0.5, 0.6) is 0 Å². The molecule has 0 fully saturated rings. The van der Waals surface area contributed by atoms with Gasteiger partial charge in [-0.2, -0.15) is 0 Å². The molecule has 0 saturated carbocycles. The maximum absolute atomic E-state index is 11.6. The van der Waals surface area contributed by atoms with E-state index in [1.54, 1.807) is 0 Å². The second kappa shape index (κ2) is 4.50. The third-order valence-electron chi connectivity index (χ3n) is 3.10. The van der Waals surface area contributed by atoms with Gasteiger partial charge in [0.25, 0.3) is 0 Å². The standard InChI is InChI=1S/C13H16O2S/c1-8-4-5-16-12-7-11(13(14)15-3)9(2)6-10(8)12/h6-8H,4-5H2,1-3H3/t8-/m0/s1. The Balaban J connectivity index is 2.48. The van der Waals surface area contributed by atoms with Gasteiger partial charge >= 0.3 is 5.97 Å². The number of thioether (sulfide) groups is 1. The molecule has 0 bridgehead atoms. The molecule has 1 aliphatic rings. The minimum absolute atomic E-state index is 0.237. The van der Waals surface area contributed by atoms with E-state index in [1.165, 1.54) is 24.0 Å². The quantitative estimate of drug-likeness (QED) is 0.699. The molecule has 2 nitrogen and oxygen atoms in total. The van der Waals surface area contributed by atoms with Gasteiger partial charge in [-0.3, -0.25) is 0 Å². The second-order valence-corrected chi connectivity index (χ2v) is 5.37. The van der Waals surface area contributed by atoms with Crippen molar-refractivity contribution in [2.45, 2.75) is 31.1 Å². The van der Waals surface area contributed by atoms with E-state index in [1.807, 2.05) is 24.8 Å². The first-order valence-corrected chi connectivity index (χ1v) is 6.47. The molecule has 1 aromatic rings. The van der Waals surface area contributed by atoms with E-state index in [0.29, 0.717) is 11.5 Å². The summed E-state index contributed by atoms with van der Waals surface area (Å²) < 4.78 is 4.79. The van der Waals surface area contributed by atoms with Crippen molar-refractivity contribution in [3.8, 4) is 0 Å². The molecule has 16 heavy (non-hydrogen) atoms. The number of aryl methyl sites for hydroxylation is 1. The fraction of sp³-hybridized carbons (Fsp3) is 0.462. The van der Waals surface area contributed by atoms with Gasteiger partial charge in [0, 0.05) is 4.90 Å². The average Bonchev–Trinajstić information content (AvgIpc) is 2.29. The highest BCUT2D eigenvalue weighted by atomic mass is 32.2. The van der Waals surface area contributed by atoms with Crippen LogP contribution in [0.3, 0.4) is 0 Å². The number of esters is 1. The zero-order chi connectivity index (χ0) is 11.7. The molecule has 0 aromatic heterocycles. The summed E-state index contributed by atoms with van der Waals surface area (Å²) in [6.07, 6.45) is 1.22. The fourth-order valence-corrected chi connectivity index (χ4v) is 3.37. The minimum Gasteiger partial charge on any atom is -0.465 e. The molecule has 0 amide bonds. The van der Waals surface area contributed by atoms with Gasteiger partial charge in [0.2, 0.25) is 0 Å². The summed E-state index contributed by atoms with van der Waals surface area (Å²) in [6.45, 7) is 4.22. The smallest absolute Gasteiger partial charge is 0.338 e. The van der Waals surface area contributed by atoms with Gasteiger partial charge in [-0.15, -0.1) is 11.8 Å². The topological polar surface area (TPSA) is 26.3 Å². The summed E-state index contributed by atoms with van der Waals surface area (Å²) in [7, 11) is 1.43. The average molecular weight is 236 g/mol. The van der Waals surface area contributed by atoms with Gasteiger partial charge in [0.05, 0.1) is 12.7 Å². The lowest BCUT2D eigenvalue weighted by molar-refractivity contribution is 0.0599. The number of carbonyl (C=O) groups is 1. The highest BCUT2D eigenvalue weighted by molar-refractivity contribution is 7.99. The second-order valence-electron chi connectivity index (χ2n) is 4.23. The maximum Gasteiger partial charge on any atom is 0.338 e. The summed E-state index contributed by atoms with van der Waals surface area (Å²) in [6, 6.07) is 4.12. The number of benzene rings is 1. The number of ether oxygens (including phenoxy) is 1. The van der Waals surface area contributed by atoms with Crippen LogP contribution in [0.4, 0.5) is 0 Å². The largest absolute Gasteiger partial charge is 0.465 e. The Morgan fingerprint density at radius 1 is 1.50 bits per heavy atom. The minimum atomic E-state index is -0.237. The first-order chi connectivity index (χ1) is 7.63. The summed E-state index contributed by atoms with van der Waals surface area (Å²) in [4.78, 5) is 12.8. The Bertz CT molecular complexity index is 426. The van der Waals surface area contributed by atoms with E-state index >= 15 is 0 Å². The molecular weight excluding hydrogens is 220 g/mol. The molecular formula is C13H16O2S. The van der Waals surface area contributed by atoms with Crippen LogP contribution in [0.15, 0.2) is 17.0 Å². The van der Waals surface area contributed by atoms with Crippen molar-refractivity contribution >= 4 is 17.7 Å². The van der Waals surface area contributed by atoms with Gasteiger partial charge in [-0.05, 0) is 42.2 Å². The molecule has 1 aliphatic heterocycles. The van der Waals surface area contributed by atoms with Crippen molar-refractivity contribution in [3.05, 3.63) is 28.8 Å². The maximum atomic E-state index is 11.6. The van der Waals surface area contributed by atoms with E-state index in [2.05, 4.69) is 13.0 Å². The van der Waals surface area contributed by atoms with Crippen LogP contribution in [0.25, 0.3) is 0 Å². The third kappa shape index (κ3) is 1.96. The Hall–Kier alpha value is -0.960. The van der Waals surface area contributed by atoms with Crippen molar-refractivity contribution in [2.75, 3.05) is 12.9 Å². The van der Waals surface area contributed by atoms with Gasteiger partial charge in [0.1, 0.15) is 0 Å². The van der Waals surface area contributed by atoms with Crippen LogP contribution in [-0.2, 0) is 4.74 Å². The van der Waals surface area contributed by atoms with E-state index in [-0.39, 0.29) is 5.97 Å². The van der Waals surface area contributed by atoms with Crippen molar-refractivity contribution in [1.82, 2.24) is 0 Å². The number of hydrogen-bond acceptors (Lipinski definition) is 3. The van der Waals surface area contributed by atoms with Crippen LogP contribution in [-0.4, -0.2) is 18.8 Å². The molecule has 86 valence electrons. The lowest BCUT2D eigenvalue weighted by Gasteiger charge is -2.23. The lowest BCUT2D eigenvalue weighted by Crippen LogP contribution is -2.09. The van der Waals surface area contributed by atoms with Crippen molar-refractivity contribution in [3.63, 3.8) is 0 Å². The zero-order valence-corrected chi connectivity index (χ0v) is 10.7. The van der Waals surface area contributed by atoms with Crippen LogP contribution in [0.2, 0.25) is 0 Å². The normalized spacial score (nSPS) is 19.1. The van der Waals surface area contributed by atoms with Gasteiger partial charge < -0.3 is 4.74 Å². The van der Waals surface area contributed by atoms with Crippen LogP contribution in [0.1, 0.15) is 40.7 Å². The SMILES string of the molecule is COC(=O)c1cc2c(cc1C)[C@@H](C)CCS2. The highest BCUT2D eigenvalue weighted by Crippen LogP contribution is 2.38. The highest BCUT2D eigenvalue weighted by Gasteiger charge is 2.20. The Kier molecular flexibility index (Phi) is 3.24. The molecule has 0 N–H and O–H groups in total. The van der Waals surface area contributed by atoms with E-state index in [0.717, 1.165) is 11.3 Å². The van der Waals surface area contributed by atoms with E-state index in [4.69, 9.17) is 4.74 Å². The lowest BCUT2D eigenvalue weighted by atomic mass is 9.94. The number of carbonyl (C=O) groups excluding carboxylic acids is 1. The first kappa shape index (κ1) is 11.5.